The molecule has 2 atom stereocenters. The standard InChI is InChI=1S/C17H19N5O3.ClH/c1-21-9-10(6-19-21)12-7-18-8-13(12)16(23)20-11-3-4-14-15(5-11)25-17(24)22(14)2;/h3-6,9,12-13,18H,7-8H2,1-2H3,(H,20,23);1H/t12-,13+;/m1./s1. The van der Waals surface area contributed by atoms with E-state index in [1.54, 1.807) is 29.9 Å². The van der Waals surface area contributed by atoms with Gasteiger partial charge in [0.25, 0.3) is 0 Å². The predicted octanol–water partition coefficient (Wildman–Crippen LogP) is 1.23. The molecule has 3 aromatic rings. The van der Waals surface area contributed by atoms with Crippen LogP contribution >= 0.6 is 12.4 Å². The van der Waals surface area contributed by atoms with Crippen molar-refractivity contribution in [3.05, 3.63) is 46.7 Å². The highest BCUT2D eigenvalue weighted by molar-refractivity contribution is 5.95. The molecule has 0 saturated carbocycles. The molecule has 1 aliphatic rings. The zero-order valence-corrected chi connectivity index (χ0v) is 15.2. The first kappa shape index (κ1) is 18.2. The Morgan fingerprint density at radius 1 is 1.35 bits per heavy atom. The first-order valence-corrected chi connectivity index (χ1v) is 8.12. The average molecular weight is 378 g/mol. The number of nitrogens with zero attached hydrogens (tertiary/aromatic N) is 3. The first-order valence-electron chi connectivity index (χ1n) is 8.12. The van der Waals surface area contributed by atoms with Crippen molar-refractivity contribution in [3.63, 3.8) is 0 Å². The van der Waals surface area contributed by atoms with Crippen molar-refractivity contribution in [2.75, 3.05) is 18.4 Å². The van der Waals surface area contributed by atoms with E-state index >= 15 is 0 Å². The smallest absolute Gasteiger partial charge is 0.408 e. The maximum Gasteiger partial charge on any atom is 0.419 e. The Balaban J connectivity index is 0.00000196. The minimum atomic E-state index is -0.421. The van der Waals surface area contributed by atoms with Gasteiger partial charge in [0.1, 0.15) is 0 Å². The first-order chi connectivity index (χ1) is 12.0. The molecule has 2 N–H and O–H groups in total. The highest BCUT2D eigenvalue weighted by atomic mass is 35.5. The molecule has 0 spiro atoms. The van der Waals surface area contributed by atoms with Crippen molar-refractivity contribution in [1.29, 1.82) is 0 Å². The van der Waals surface area contributed by atoms with Crippen molar-refractivity contribution in [3.8, 4) is 0 Å². The summed E-state index contributed by atoms with van der Waals surface area (Å²) in [5, 5.41) is 10.4. The molecule has 26 heavy (non-hydrogen) atoms. The molecule has 1 amide bonds. The van der Waals surface area contributed by atoms with Gasteiger partial charge in [-0.2, -0.15) is 5.10 Å². The SMILES string of the molecule is Cl.Cn1cc([C@H]2CNC[C@@H]2C(=O)Nc2ccc3c(c2)oc(=O)n3C)cn1. The Labute approximate surface area is 155 Å². The summed E-state index contributed by atoms with van der Waals surface area (Å²) in [5.41, 5.74) is 2.82. The van der Waals surface area contributed by atoms with E-state index < -0.39 is 5.76 Å². The lowest BCUT2D eigenvalue weighted by atomic mass is 9.90. The molecule has 0 unspecified atom stereocenters. The molecule has 138 valence electrons. The summed E-state index contributed by atoms with van der Waals surface area (Å²) in [7, 11) is 3.51. The van der Waals surface area contributed by atoms with Gasteiger partial charge in [-0.25, -0.2) is 4.79 Å². The zero-order chi connectivity index (χ0) is 17.6. The number of hydrogen-bond donors (Lipinski definition) is 2. The fraction of sp³-hybridized carbons (Fsp3) is 0.353. The molecule has 0 radical (unpaired) electrons. The molecule has 3 heterocycles. The van der Waals surface area contributed by atoms with Crippen LogP contribution in [0.3, 0.4) is 0 Å². The summed E-state index contributed by atoms with van der Waals surface area (Å²) in [6, 6.07) is 5.22. The number of halogens is 1. The maximum atomic E-state index is 12.7. The van der Waals surface area contributed by atoms with E-state index in [-0.39, 0.29) is 30.2 Å². The monoisotopic (exact) mass is 377 g/mol. The molecule has 1 aromatic carbocycles. The van der Waals surface area contributed by atoms with Crippen molar-refractivity contribution < 1.29 is 9.21 Å². The van der Waals surface area contributed by atoms with Gasteiger partial charge >= 0.3 is 5.76 Å². The van der Waals surface area contributed by atoms with Crippen molar-refractivity contribution in [2.45, 2.75) is 5.92 Å². The Morgan fingerprint density at radius 2 is 2.15 bits per heavy atom. The lowest BCUT2D eigenvalue weighted by molar-refractivity contribution is -0.119. The summed E-state index contributed by atoms with van der Waals surface area (Å²) >= 11 is 0. The summed E-state index contributed by atoms with van der Waals surface area (Å²) in [6.45, 7) is 1.37. The minimum absolute atomic E-state index is 0. The number of fused-ring (bicyclic) bond motifs is 1. The van der Waals surface area contributed by atoms with Gasteiger partial charge < -0.3 is 15.1 Å². The van der Waals surface area contributed by atoms with Crippen LogP contribution in [0.5, 0.6) is 0 Å². The number of rotatable bonds is 3. The minimum Gasteiger partial charge on any atom is -0.408 e. The van der Waals surface area contributed by atoms with E-state index in [4.69, 9.17) is 4.42 Å². The fourth-order valence-electron chi connectivity index (χ4n) is 3.38. The lowest BCUT2D eigenvalue weighted by Crippen LogP contribution is -2.28. The van der Waals surface area contributed by atoms with Gasteiger partial charge in [-0.1, -0.05) is 0 Å². The number of benzene rings is 1. The molecule has 9 heteroatoms. The molecular weight excluding hydrogens is 358 g/mol. The molecule has 1 saturated heterocycles. The lowest BCUT2D eigenvalue weighted by Gasteiger charge is -2.17. The van der Waals surface area contributed by atoms with Crippen LogP contribution < -0.4 is 16.4 Å². The van der Waals surface area contributed by atoms with E-state index in [0.29, 0.717) is 23.3 Å². The van der Waals surface area contributed by atoms with Gasteiger partial charge in [0.05, 0.1) is 17.6 Å². The van der Waals surface area contributed by atoms with Crippen LogP contribution in [0, 0.1) is 5.92 Å². The van der Waals surface area contributed by atoms with Gasteiger partial charge in [0.2, 0.25) is 5.91 Å². The van der Waals surface area contributed by atoms with Crippen LogP contribution in [0.15, 0.2) is 39.8 Å². The third kappa shape index (κ3) is 3.13. The van der Waals surface area contributed by atoms with Crippen LogP contribution in [0.4, 0.5) is 5.69 Å². The Hall–Kier alpha value is -2.58. The number of carbonyl (C=O) groups is 1. The van der Waals surface area contributed by atoms with E-state index in [1.165, 1.54) is 4.57 Å². The summed E-state index contributed by atoms with van der Waals surface area (Å²) in [4.78, 5) is 24.3. The third-order valence-corrected chi connectivity index (χ3v) is 4.76. The predicted molar refractivity (Wildman–Crippen MR) is 99.6 cm³/mol. The van der Waals surface area contributed by atoms with Crippen LogP contribution in [-0.2, 0) is 18.9 Å². The third-order valence-electron chi connectivity index (χ3n) is 4.76. The van der Waals surface area contributed by atoms with E-state index in [2.05, 4.69) is 15.7 Å². The molecule has 2 aromatic heterocycles. The molecule has 0 aliphatic carbocycles. The quantitative estimate of drug-likeness (QED) is 0.716. The zero-order valence-electron chi connectivity index (χ0n) is 14.4. The molecule has 1 fully saturated rings. The topological polar surface area (TPSA) is 94.1 Å². The number of nitrogens with one attached hydrogen (secondary N) is 2. The van der Waals surface area contributed by atoms with E-state index in [9.17, 15) is 9.59 Å². The fourth-order valence-corrected chi connectivity index (χ4v) is 3.38. The number of aryl methyl sites for hydroxylation is 2. The molecular formula is C17H20ClN5O3. The summed E-state index contributed by atoms with van der Waals surface area (Å²) in [6.07, 6.45) is 3.76. The average Bonchev–Trinajstić information content (AvgIpc) is 3.28. The number of amides is 1. The van der Waals surface area contributed by atoms with Gasteiger partial charge in [-0.3, -0.25) is 14.0 Å². The van der Waals surface area contributed by atoms with Gasteiger partial charge in [0, 0.05) is 51.1 Å². The van der Waals surface area contributed by atoms with Crippen molar-refractivity contribution in [2.24, 2.45) is 20.0 Å². The molecule has 4 rings (SSSR count). The molecule has 0 bridgehead atoms. The second-order valence-corrected chi connectivity index (χ2v) is 6.42. The Kier molecular flexibility index (Phi) is 4.88. The van der Waals surface area contributed by atoms with Crippen LogP contribution in [0.1, 0.15) is 11.5 Å². The molecule has 1 aliphatic heterocycles. The second kappa shape index (κ2) is 6.97. The van der Waals surface area contributed by atoms with Crippen LogP contribution in [0.25, 0.3) is 11.1 Å². The number of oxazole rings is 1. The summed E-state index contributed by atoms with van der Waals surface area (Å²) in [5.74, 6) is -0.568. The normalized spacial score (nSPS) is 19.5. The Bertz CT molecular complexity index is 1010. The largest absolute Gasteiger partial charge is 0.419 e. The highest BCUT2D eigenvalue weighted by Gasteiger charge is 2.34. The number of carbonyl (C=O) groups excluding carboxylic acids is 1. The highest BCUT2D eigenvalue weighted by Crippen LogP contribution is 2.29. The van der Waals surface area contributed by atoms with E-state index in [0.717, 1.165) is 12.1 Å². The second-order valence-electron chi connectivity index (χ2n) is 6.42. The van der Waals surface area contributed by atoms with Gasteiger partial charge in [0.15, 0.2) is 5.58 Å². The number of hydrogen-bond acceptors (Lipinski definition) is 5. The number of aromatic nitrogens is 3. The van der Waals surface area contributed by atoms with Crippen LogP contribution in [-0.4, -0.2) is 33.3 Å². The maximum absolute atomic E-state index is 12.7. The van der Waals surface area contributed by atoms with E-state index in [1.807, 2.05) is 19.4 Å². The van der Waals surface area contributed by atoms with Crippen molar-refractivity contribution in [1.82, 2.24) is 19.7 Å². The van der Waals surface area contributed by atoms with Crippen LogP contribution in [0.2, 0.25) is 0 Å². The summed E-state index contributed by atoms with van der Waals surface area (Å²) < 4.78 is 8.35. The van der Waals surface area contributed by atoms with Crippen molar-refractivity contribution >= 4 is 35.1 Å². The Morgan fingerprint density at radius 3 is 2.88 bits per heavy atom. The molecule has 8 nitrogen and oxygen atoms in total. The van der Waals surface area contributed by atoms with Gasteiger partial charge in [-0.05, 0) is 17.7 Å². The number of anilines is 1. The van der Waals surface area contributed by atoms with Gasteiger partial charge in [-0.15, -0.1) is 12.4 Å².